The van der Waals surface area contributed by atoms with Crippen LogP contribution in [0.3, 0.4) is 0 Å². The molecule has 3 nitrogen and oxygen atoms in total. The maximum atomic E-state index is 8.39. The van der Waals surface area contributed by atoms with E-state index < -0.39 is 0 Å². The van der Waals surface area contributed by atoms with Gasteiger partial charge in [0.15, 0.2) is 0 Å². The largest absolute Gasteiger partial charge is 2.00 e. The summed E-state index contributed by atoms with van der Waals surface area (Å²) in [5.41, 5.74) is 1.26. The number of nitrogens with zero attached hydrogens (tertiary/aromatic N) is 3. The molecule has 0 fully saturated rings. The third-order valence-electron chi connectivity index (χ3n) is 1.04. The molecule has 0 saturated carbocycles. The first-order valence-corrected chi connectivity index (χ1v) is 2.57. The SMILES string of the molecule is Cc1[c-]n(C)nc1C#N.[W+2]. The summed E-state index contributed by atoms with van der Waals surface area (Å²) in [7, 11) is 1.74. The monoisotopic (exact) mass is 304 g/mol. The van der Waals surface area contributed by atoms with Gasteiger partial charge in [-0.25, -0.2) is 5.26 Å². The fourth-order valence-corrected chi connectivity index (χ4v) is 0.652. The normalized spacial score (nSPS) is 8.10. The summed E-state index contributed by atoms with van der Waals surface area (Å²) in [6.45, 7) is 1.81. The predicted octanol–water partition coefficient (Wildman–Crippen LogP) is 0.398. The first-order chi connectivity index (χ1) is 4.24. The van der Waals surface area contributed by atoms with Crippen molar-refractivity contribution in [3.8, 4) is 6.07 Å². The van der Waals surface area contributed by atoms with Crippen LogP contribution >= 0.6 is 0 Å². The molecule has 0 aliphatic heterocycles. The van der Waals surface area contributed by atoms with Gasteiger partial charge in [-0.05, 0) is 0 Å². The Morgan fingerprint density at radius 1 is 1.70 bits per heavy atom. The summed E-state index contributed by atoms with van der Waals surface area (Å²) < 4.78 is 1.51. The zero-order valence-corrected chi connectivity index (χ0v) is 8.68. The van der Waals surface area contributed by atoms with E-state index in [4.69, 9.17) is 5.26 Å². The average Bonchev–Trinajstić information content (AvgIpc) is 2.10. The van der Waals surface area contributed by atoms with Gasteiger partial charge in [0.05, 0.1) is 0 Å². The van der Waals surface area contributed by atoms with E-state index in [0.717, 1.165) is 5.56 Å². The van der Waals surface area contributed by atoms with Crippen LogP contribution in [-0.4, -0.2) is 9.78 Å². The minimum absolute atomic E-state index is 0. The summed E-state index contributed by atoms with van der Waals surface area (Å²) >= 11 is 0. The van der Waals surface area contributed by atoms with Crippen molar-refractivity contribution >= 4 is 0 Å². The van der Waals surface area contributed by atoms with Gasteiger partial charge in [-0.1, -0.05) is 6.92 Å². The summed E-state index contributed by atoms with van der Waals surface area (Å²) in [6.07, 6.45) is 2.84. The molecule has 0 aliphatic rings. The van der Waals surface area contributed by atoms with Gasteiger partial charge in [-0.3, -0.25) is 5.10 Å². The molecule has 1 rings (SSSR count). The molecule has 0 atom stereocenters. The van der Waals surface area contributed by atoms with E-state index in [0.29, 0.717) is 5.69 Å². The van der Waals surface area contributed by atoms with Gasteiger partial charge < -0.3 is 4.68 Å². The van der Waals surface area contributed by atoms with Gasteiger partial charge in [0.2, 0.25) is 0 Å². The van der Waals surface area contributed by atoms with Crippen LogP contribution < -0.4 is 0 Å². The number of hydrogen-bond acceptors (Lipinski definition) is 2. The Labute approximate surface area is 73.9 Å². The van der Waals surface area contributed by atoms with E-state index in [1.54, 1.807) is 7.05 Å². The zero-order chi connectivity index (χ0) is 6.85. The van der Waals surface area contributed by atoms with Crippen LogP contribution in [0.1, 0.15) is 11.3 Å². The molecule has 0 saturated heterocycles. The van der Waals surface area contributed by atoms with Crippen LogP contribution in [0, 0.1) is 24.5 Å². The van der Waals surface area contributed by atoms with Crippen LogP contribution in [0.15, 0.2) is 0 Å². The molecule has 0 aliphatic carbocycles. The molecule has 0 N–H and O–H groups in total. The van der Waals surface area contributed by atoms with Crippen LogP contribution in [0.2, 0.25) is 0 Å². The smallest absolute Gasteiger partial charge is 0.378 e. The molecule has 50 valence electrons. The summed E-state index contributed by atoms with van der Waals surface area (Å²) in [6, 6.07) is 1.95. The minimum Gasteiger partial charge on any atom is -0.378 e. The third kappa shape index (κ3) is 1.68. The van der Waals surface area contributed by atoms with E-state index in [1.807, 2.05) is 13.0 Å². The number of hydrogen-bond donors (Lipinski definition) is 0. The van der Waals surface area contributed by atoms with E-state index in [2.05, 4.69) is 11.3 Å². The van der Waals surface area contributed by atoms with E-state index in [9.17, 15) is 0 Å². The van der Waals surface area contributed by atoms with Gasteiger partial charge in [0.25, 0.3) is 0 Å². The fourth-order valence-electron chi connectivity index (χ4n) is 0.652. The Kier molecular flexibility index (Phi) is 3.31. The maximum absolute atomic E-state index is 8.39. The van der Waals surface area contributed by atoms with Crippen molar-refractivity contribution in [2.45, 2.75) is 6.92 Å². The topological polar surface area (TPSA) is 41.6 Å². The summed E-state index contributed by atoms with van der Waals surface area (Å²) in [5.74, 6) is 0. The number of rotatable bonds is 0. The molecule has 1 aromatic heterocycles. The van der Waals surface area contributed by atoms with Crippen LogP contribution in [0.25, 0.3) is 0 Å². The standard InChI is InChI=1S/C6H6N3.W/c1-5-4-9(2)8-6(5)3-7;/h1-2H3;/q-1;+2. The molecular formula is C6H6N3W+. The average molecular weight is 304 g/mol. The van der Waals surface area contributed by atoms with Crippen molar-refractivity contribution in [3.05, 3.63) is 17.5 Å². The second-order valence-electron chi connectivity index (χ2n) is 1.82. The Balaban J connectivity index is 0.000000810. The van der Waals surface area contributed by atoms with Crippen molar-refractivity contribution in [1.29, 1.82) is 5.26 Å². The number of aryl methyl sites for hydroxylation is 2. The van der Waals surface area contributed by atoms with Gasteiger partial charge in [-0.15, -0.1) is 6.20 Å². The number of nitriles is 1. The van der Waals surface area contributed by atoms with Crippen molar-refractivity contribution < 1.29 is 21.1 Å². The van der Waals surface area contributed by atoms with Crippen LogP contribution in [0.4, 0.5) is 0 Å². The van der Waals surface area contributed by atoms with Crippen molar-refractivity contribution in [2.75, 3.05) is 0 Å². The first-order valence-electron chi connectivity index (χ1n) is 2.57. The Morgan fingerprint density at radius 2 is 2.30 bits per heavy atom. The second kappa shape index (κ2) is 3.53. The Bertz CT molecular complexity index is 258. The molecular weight excluding hydrogens is 298 g/mol. The molecule has 4 heteroatoms. The first kappa shape index (κ1) is 9.39. The van der Waals surface area contributed by atoms with Gasteiger partial charge in [0, 0.05) is 18.8 Å². The van der Waals surface area contributed by atoms with Gasteiger partial charge >= 0.3 is 21.1 Å². The summed E-state index contributed by atoms with van der Waals surface area (Å²) in [4.78, 5) is 0. The molecule has 0 radical (unpaired) electrons. The maximum Gasteiger partial charge on any atom is 2.00 e. The third-order valence-corrected chi connectivity index (χ3v) is 1.04. The quantitative estimate of drug-likeness (QED) is 0.651. The van der Waals surface area contributed by atoms with Crippen molar-refractivity contribution in [3.63, 3.8) is 0 Å². The second-order valence-corrected chi connectivity index (χ2v) is 1.82. The Morgan fingerprint density at radius 3 is 2.50 bits per heavy atom. The molecule has 0 unspecified atom stereocenters. The molecule has 0 amide bonds. The summed E-state index contributed by atoms with van der Waals surface area (Å²) in [5, 5.41) is 12.2. The Hall–Kier alpha value is -0.612. The molecule has 1 heterocycles. The van der Waals surface area contributed by atoms with Crippen LogP contribution in [-0.2, 0) is 28.1 Å². The number of aromatic nitrogens is 2. The zero-order valence-electron chi connectivity index (χ0n) is 5.75. The van der Waals surface area contributed by atoms with Crippen molar-refractivity contribution in [1.82, 2.24) is 9.78 Å². The van der Waals surface area contributed by atoms with Crippen LogP contribution in [0.5, 0.6) is 0 Å². The molecule has 0 aromatic carbocycles. The minimum atomic E-state index is 0. The molecule has 10 heavy (non-hydrogen) atoms. The fraction of sp³-hybridized carbons (Fsp3) is 0.333. The van der Waals surface area contributed by atoms with Crippen molar-refractivity contribution in [2.24, 2.45) is 7.05 Å². The predicted molar refractivity (Wildman–Crippen MR) is 31.5 cm³/mol. The van der Waals surface area contributed by atoms with E-state index >= 15 is 0 Å². The van der Waals surface area contributed by atoms with Gasteiger partial charge in [-0.2, -0.15) is 5.56 Å². The molecule has 0 bridgehead atoms. The van der Waals surface area contributed by atoms with E-state index in [1.165, 1.54) is 4.68 Å². The van der Waals surface area contributed by atoms with Gasteiger partial charge in [0.1, 0.15) is 0 Å². The molecule has 0 spiro atoms. The van der Waals surface area contributed by atoms with E-state index in [-0.39, 0.29) is 21.1 Å². The molecule has 1 aromatic rings.